The Balaban J connectivity index is 1.86. The average Bonchev–Trinajstić information content (AvgIpc) is 2.99. The molecule has 3 rings (SSSR count). The number of likely N-dealkylation sites (N-methyl/N-ethyl adjacent to an activating group) is 1. The van der Waals surface area contributed by atoms with Gasteiger partial charge in [-0.25, -0.2) is 8.78 Å². The zero-order valence-electron chi connectivity index (χ0n) is 12.6. The largest absolute Gasteiger partial charge is 0.364 e. The van der Waals surface area contributed by atoms with Crippen LogP contribution < -0.4 is 4.90 Å². The molecule has 1 heterocycles. The van der Waals surface area contributed by atoms with Gasteiger partial charge in [-0.2, -0.15) is 0 Å². The fourth-order valence-electron chi connectivity index (χ4n) is 2.63. The number of rotatable bonds is 5. The van der Waals surface area contributed by atoms with E-state index in [9.17, 15) is 13.6 Å². The van der Waals surface area contributed by atoms with Gasteiger partial charge in [0, 0.05) is 41.0 Å². The Morgan fingerprint density at radius 3 is 2.65 bits per heavy atom. The minimum atomic E-state index is -0.916. The molecule has 0 radical (unpaired) electrons. The number of nitrogens with zero attached hydrogens (tertiary/aromatic N) is 1. The van der Waals surface area contributed by atoms with Gasteiger partial charge in [-0.05, 0) is 25.1 Å². The molecule has 23 heavy (non-hydrogen) atoms. The van der Waals surface area contributed by atoms with Crippen LogP contribution >= 0.6 is 0 Å². The molecule has 0 saturated heterocycles. The van der Waals surface area contributed by atoms with Gasteiger partial charge in [0.25, 0.3) is 0 Å². The molecular weight excluding hydrogens is 298 g/mol. The van der Waals surface area contributed by atoms with Gasteiger partial charge in [0.1, 0.15) is 0 Å². The molecule has 0 aliphatic carbocycles. The van der Waals surface area contributed by atoms with Crippen molar-refractivity contribution in [3.05, 3.63) is 65.9 Å². The third-order valence-electron chi connectivity index (χ3n) is 3.87. The Morgan fingerprint density at radius 1 is 1.13 bits per heavy atom. The number of anilines is 1. The Bertz CT molecular complexity index is 857. The zero-order chi connectivity index (χ0) is 16.4. The van der Waals surface area contributed by atoms with Crippen LogP contribution in [0.15, 0.2) is 48.7 Å². The van der Waals surface area contributed by atoms with Crippen molar-refractivity contribution < 1.29 is 13.6 Å². The molecule has 0 aliphatic heterocycles. The molecule has 0 amide bonds. The number of Topliss-reactive ketones (excluding diaryl/α,β-unsaturated/α-hetero) is 1. The lowest BCUT2D eigenvalue weighted by Gasteiger charge is -2.22. The SMILES string of the molecule is CCN(CC(=O)c1c[nH]c2ccccc12)c1ccc(F)c(F)c1. The number of aromatic amines is 1. The highest BCUT2D eigenvalue weighted by atomic mass is 19.2. The maximum Gasteiger partial charge on any atom is 0.184 e. The molecule has 1 N–H and O–H groups in total. The van der Waals surface area contributed by atoms with E-state index < -0.39 is 11.6 Å². The van der Waals surface area contributed by atoms with Gasteiger partial charge < -0.3 is 9.88 Å². The van der Waals surface area contributed by atoms with Crippen molar-refractivity contribution in [2.45, 2.75) is 6.92 Å². The zero-order valence-corrected chi connectivity index (χ0v) is 12.6. The maximum atomic E-state index is 13.4. The first-order valence-electron chi connectivity index (χ1n) is 7.39. The highest BCUT2D eigenvalue weighted by Gasteiger charge is 2.16. The predicted molar refractivity (Wildman–Crippen MR) is 86.9 cm³/mol. The molecule has 2 aromatic carbocycles. The van der Waals surface area contributed by atoms with Gasteiger partial charge >= 0.3 is 0 Å². The van der Waals surface area contributed by atoms with E-state index in [4.69, 9.17) is 0 Å². The van der Waals surface area contributed by atoms with Crippen LogP contribution in [0.5, 0.6) is 0 Å². The Hall–Kier alpha value is -2.69. The summed E-state index contributed by atoms with van der Waals surface area (Å²) in [4.78, 5) is 17.4. The number of halogens is 2. The monoisotopic (exact) mass is 314 g/mol. The molecule has 0 bridgehead atoms. The van der Waals surface area contributed by atoms with Gasteiger partial charge in [0.2, 0.25) is 0 Å². The second kappa shape index (κ2) is 6.20. The predicted octanol–water partition coefficient (Wildman–Crippen LogP) is 4.16. The van der Waals surface area contributed by atoms with Crippen LogP contribution in [0.2, 0.25) is 0 Å². The van der Waals surface area contributed by atoms with Crippen LogP contribution in [0.3, 0.4) is 0 Å². The molecule has 0 spiro atoms. The lowest BCUT2D eigenvalue weighted by Crippen LogP contribution is -2.29. The summed E-state index contributed by atoms with van der Waals surface area (Å²) in [5.41, 5.74) is 1.98. The van der Waals surface area contributed by atoms with E-state index in [2.05, 4.69) is 4.98 Å². The second-order valence-electron chi connectivity index (χ2n) is 5.28. The standard InChI is InChI=1S/C18H16F2N2O/c1-2-22(12-7-8-15(19)16(20)9-12)11-18(23)14-10-21-17-6-4-3-5-13(14)17/h3-10,21H,2,11H2,1H3. The van der Waals surface area contributed by atoms with Gasteiger partial charge in [-0.1, -0.05) is 18.2 Å². The van der Waals surface area contributed by atoms with Gasteiger partial charge in [0.05, 0.1) is 6.54 Å². The van der Waals surface area contributed by atoms with Crippen LogP contribution in [0.25, 0.3) is 10.9 Å². The van der Waals surface area contributed by atoms with Crippen LogP contribution in [0.1, 0.15) is 17.3 Å². The number of H-pyrrole nitrogens is 1. The highest BCUT2D eigenvalue weighted by Crippen LogP contribution is 2.21. The third kappa shape index (κ3) is 2.95. The number of para-hydroxylation sites is 1. The minimum absolute atomic E-state index is 0.0750. The quantitative estimate of drug-likeness (QED) is 0.718. The van der Waals surface area contributed by atoms with E-state index in [-0.39, 0.29) is 12.3 Å². The van der Waals surface area contributed by atoms with Crippen molar-refractivity contribution in [1.29, 1.82) is 0 Å². The lowest BCUT2D eigenvalue weighted by atomic mass is 10.1. The van der Waals surface area contributed by atoms with E-state index >= 15 is 0 Å². The smallest absolute Gasteiger partial charge is 0.184 e. The van der Waals surface area contributed by atoms with E-state index in [1.807, 2.05) is 31.2 Å². The molecular formula is C18H16F2N2O. The number of carbonyl (C=O) groups is 1. The second-order valence-corrected chi connectivity index (χ2v) is 5.28. The summed E-state index contributed by atoms with van der Waals surface area (Å²) in [6.45, 7) is 2.48. The molecule has 1 aromatic heterocycles. The van der Waals surface area contributed by atoms with Gasteiger partial charge in [-0.15, -0.1) is 0 Å². The first kappa shape index (κ1) is 15.2. The molecule has 3 nitrogen and oxygen atoms in total. The number of hydrogen-bond acceptors (Lipinski definition) is 2. The van der Waals surface area contributed by atoms with E-state index in [1.165, 1.54) is 6.07 Å². The molecule has 0 fully saturated rings. The van der Waals surface area contributed by atoms with Crippen molar-refractivity contribution >= 4 is 22.4 Å². The van der Waals surface area contributed by atoms with E-state index in [1.54, 1.807) is 11.1 Å². The normalized spacial score (nSPS) is 10.9. The van der Waals surface area contributed by atoms with E-state index in [0.717, 1.165) is 23.0 Å². The first-order valence-corrected chi connectivity index (χ1v) is 7.39. The fraction of sp³-hybridized carbons (Fsp3) is 0.167. The van der Waals surface area contributed by atoms with Crippen molar-refractivity contribution in [3.8, 4) is 0 Å². The van der Waals surface area contributed by atoms with Crippen LogP contribution in [-0.4, -0.2) is 23.9 Å². The summed E-state index contributed by atoms with van der Waals surface area (Å²) in [5.74, 6) is -1.89. The summed E-state index contributed by atoms with van der Waals surface area (Å²) >= 11 is 0. The number of benzene rings is 2. The van der Waals surface area contributed by atoms with Crippen molar-refractivity contribution in [1.82, 2.24) is 4.98 Å². The molecule has 0 unspecified atom stereocenters. The topological polar surface area (TPSA) is 36.1 Å². The summed E-state index contributed by atoms with van der Waals surface area (Å²) < 4.78 is 26.5. The molecule has 0 aliphatic rings. The number of aromatic nitrogens is 1. The summed E-state index contributed by atoms with van der Waals surface area (Å²) in [5, 5.41) is 0.860. The van der Waals surface area contributed by atoms with Crippen LogP contribution in [0, 0.1) is 11.6 Å². The molecule has 3 aromatic rings. The number of nitrogens with one attached hydrogen (secondary N) is 1. The van der Waals surface area contributed by atoms with Gasteiger partial charge in [-0.3, -0.25) is 4.79 Å². The third-order valence-corrected chi connectivity index (χ3v) is 3.87. The molecule has 0 saturated carbocycles. The number of carbonyl (C=O) groups excluding carboxylic acids is 1. The Morgan fingerprint density at radius 2 is 1.91 bits per heavy atom. The summed E-state index contributed by atoms with van der Waals surface area (Å²) in [6, 6.07) is 11.2. The lowest BCUT2D eigenvalue weighted by molar-refractivity contribution is 0.100. The van der Waals surface area contributed by atoms with Crippen molar-refractivity contribution in [3.63, 3.8) is 0 Å². The van der Waals surface area contributed by atoms with E-state index in [0.29, 0.717) is 17.8 Å². The molecule has 118 valence electrons. The minimum Gasteiger partial charge on any atom is -0.364 e. The number of fused-ring (bicyclic) bond motifs is 1. The van der Waals surface area contributed by atoms with Crippen molar-refractivity contribution in [2.24, 2.45) is 0 Å². The molecule has 0 atom stereocenters. The maximum absolute atomic E-state index is 13.4. The number of ketones is 1. The Kier molecular flexibility index (Phi) is 4.10. The number of hydrogen-bond donors (Lipinski definition) is 1. The van der Waals surface area contributed by atoms with Crippen LogP contribution in [0.4, 0.5) is 14.5 Å². The fourth-order valence-corrected chi connectivity index (χ4v) is 2.63. The summed E-state index contributed by atoms with van der Waals surface area (Å²) in [7, 11) is 0. The highest BCUT2D eigenvalue weighted by molar-refractivity contribution is 6.09. The Labute approximate surface area is 132 Å². The van der Waals surface area contributed by atoms with Crippen LogP contribution in [-0.2, 0) is 0 Å². The average molecular weight is 314 g/mol. The van der Waals surface area contributed by atoms with Gasteiger partial charge in [0.15, 0.2) is 17.4 Å². The first-order chi connectivity index (χ1) is 11.1. The van der Waals surface area contributed by atoms with Crippen molar-refractivity contribution in [2.75, 3.05) is 18.0 Å². The molecule has 5 heteroatoms. The summed E-state index contributed by atoms with van der Waals surface area (Å²) in [6.07, 6.45) is 1.69.